The highest BCUT2D eigenvalue weighted by atomic mass is 16.5. The van der Waals surface area contributed by atoms with Crippen LogP contribution in [0, 0.1) is 6.92 Å². The molecule has 2 amide bonds. The van der Waals surface area contributed by atoms with E-state index in [0.717, 1.165) is 23.8 Å². The first kappa shape index (κ1) is 23.2. The number of hydrogen-bond donors (Lipinski definition) is 1. The Labute approximate surface area is 195 Å². The zero-order chi connectivity index (χ0) is 24.4. The van der Waals surface area contributed by atoms with Crippen molar-refractivity contribution in [3.05, 3.63) is 62.4 Å². The van der Waals surface area contributed by atoms with Crippen molar-refractivity contribution in [1.82, 2.24) is 19.0 Å². The largest absolute Gasteiger partial charge is 0.497 e. The minimum Gasteiger partial charge on any atom is -0.497 e. The monoisotopic (exact) mass is 465 g/mol. The molecule has 0 saturated carbocycles. The number of amides is 2. The predicted molar refractivity (Wildman–Crippen MR) is 127 cm³/mol. The normalized spacial score (nSPS) is 13.7. The van der Waals surface area contributed by atoms with Gasteiger partial charge in [0, 0.05) is 37.6 Å². The molecule has 1 fully saturated rings. The molecule has 0 aliphatic carbocycles. The highest BCUT2D eigenvalue weighted by Crippen LogP contribution is 2.19. The molecule has 0 atom stereocenters. The number of piperidine rings is 1. The number of benzene rings is 1. The summed E-state index contributed by atoms with van der Waals surface area (Å²) in [5, 5.41) is 2.71. The summed E-state index contributed by atoms with van der Waals surface area (Å²) in [6, 6.07) is 8.31. The second kappa shape index (κ2) is 9.50. The van der Waals surface area contributed by atoms with Gasteiger partial charge in [-0.3, -0.25) is 23.5 Å². The van der Waals surface area contributed by atoms with E-state index >= 15 is 0 Å². The van der Waals surface area contributed by atoms with Gasteiger partial charge in [0.2, 0.25) is 5.91 Å². The van der Waals surface area contributed by atoms with E-state index in [2.05, 4.69) is 10.3 Å². The Hall–Kier alpha value is -3.95. The van der Waals surface area contributed by atoms with E-state index in [4.69, 9.17) is 4.74 Å². The van der Waals surface area contributed by atoms with Crippen LogP contribution in [0.15, 0.2) is 39.9 Å². The number of anilines is 1. The van der Waals surface area contributed by atoms with Crippen LogP contribution in [-0.2, 0) is 18.4 Å². The van der Waals surface area contributed by atoms with Gasteiger partial charge in [0.15, 0.2) is 0 Å². The van der Waals surface area contributed by atoms with Crippen LogP contribution in [0.4, 0.5) is 5.69 Å². The summed E-state index contributed by atoms with van der Waals surface area (Å²) < 4.78 is 7.19. The van der Waals surface area contributed by atoms with Gasteiger partial charge < -0.3 is 15.0 Å². The molecule has 0 unspecified atom stereocenters. The number of pyridine rings is 1. The van der Waals surface area contributed by atoms with Crippen LogP contribution in [0.25, 0.3) is 11.0 Å². The molecule has 3 heterocycles. The van der Waals surface area contributed by atoms with Gasteiger partial charge in [0.25, 0.3) is 11.5 Å². The molecule has 0 bridgehead atoms. The van der Waals surface area contributed by atoms with Crippen molar-refractivity contribution in [3.8, 4) is 5.75 Å². The first-order valence-electron chi connectivity index (χ1n) is 11.1. The third-order valence-corrected chi connectivity index (χ3v) is 5.95. The SMILES string of the molecule is COc1cccc(NC(=O)Cn2c(=O)c3c(C(=O)N4CCCCC4)cc(C)nc3n(C)c2=O)c1. The quantitative estimate of drug-likeness (QED) is 0.613. The summed E-state index contributed by atoms with van der Waals surface area (Å²) in [5.74, 6) is -0.270. The fourth-order valence-corrected chi connectivity index (χ4v) is 4.22. The Morgan fingerprint density at radius 2 is 1.85 bits per heavy atom. The standard InChI is InChI=1S/C24H27N5O5/c1-15-12-18(22(31)28-10-5-4-6-11-28)20-21(25-15)27(2)24(33)29(23(20)32)14-19(30)26-16-8-7-9-17(13-16)34-3/h7-9,12-13H,4-6,10-11,14H2,1-3H3,(H,26,30). The molecular weight excluding hydrogens is 438 g/mol. The number of hydrogen-bond acceptors (Lipinski definition) is 6. The Kier molecular flexibility index (Phi) is 6.49. The number of fused-ring (bicyclic) bond motifs is 1. The van der Waals surface area contributed by atoms with Crippen LogP contribution < -0.4 is 21.3 Å². The number of carbonyl (C=O) groups excluding carboxylic acids is 2. The Morgan fingerprint density at radius 3 is 2.56 bits per heavy atom. The minimum absolute atomic E-state index is 0.0393. The molecule has 1 aliphatic heterocycles. The van der Waals surface area contributed by atoms with Crippen molar-refractivity contribution >= 4 is 28.5 Å². The Bertz CT molecular complexity index is 1380. The first-order chi connectivity index (χ1) is 16.3. The maximum Gasteiger partial charge on any atom is 0.332 e. The fraction of sp³-hybridized carbons (Fsp3) is 0.375. The summed E-state index contributed by atoms with van der Waals surface area (Å²) in [7, 11) is 2.99. The van der Waals surface area contributed by atoms with Crippen molar-refractivity contribution in [1.29, 1.82) is 0 Å². The Morgan fingerprint density at radius 1 is 1.12 bits per heavy atom. The predicted octanol–water partition coefficient (Wildman–Crippen LogP) is 1.68. The number of aromatic nitrogens is 3. The number of ether oxygens (including phenoxy) is 1. The number of likely N-dealkylation sites (tertiary alicyclic amines) is 1. The summed E-state index contributed by atoms with van der Waals surface area (Å²) in [6.45, 7) is 2.43. The molecule has 0 spiro atoms. The van der Waals surface area contributed by atoms with Crippen molar-refractivity contribution < 1.29 is 14.3 Å². The zero-order valence-corrected chi connectivity index (χ0v) is 19.5. The van der Waals surface area contributed by atoms with Crippen molar-refractivity contribution in [3.63, 3.8) is 0 Å². The van der Waals surface area contributed by atoms with Gasteiger partial charge in [0.05, 0.1) is 18.1 Å². The van der Waals surface area contributed by atoms with Crippen molar-refractivity contribution in [2.24, 2.45) is 7.05 Å². The number of aryl methyl sites for hydroxylation is 2. The van der Waals surface area contributed by atoms with Gasteiger partial charge in [-0.05, 0) is 44.4 Å². The van der Waals surface area contributed by atoms with E-state index in [-0.39, 0.29) is 22.5 Å². The van der Waals surface area contributed by atoms with Crippen LogP contribution in [0.2, 0.25) is 0 Å². The molecule has 0 radical (unpaired) electrons. The molecule has 1 aliphatic rings. The molecule has 3 aromatic rings. The van der Waals surface area contributed by atoms with E-state index in [9.17, 15) is 19.2 Å². The molecule has 1 aromatic carbocycles. The van der Waals surface area contributed by atoms with Crippen LogP contribution in [0.5, 0.6) is 5.75 Å². The highest BCUT2D eigenvalue weighted by Gasteiger charge is 2.25. The maximum atomic E-state index is 13.4. The lowest BCUT2D eigenvalue weighted by Gasteiger charge is -2.27. The van der Waals surface area contributed by atoms with Crippen LogP contribution >= 0.6 is 0 Å². The van der Waals surface area contributed by atoms with Gasteiger partial charge in [-0.15, -0.1) is 0 Å². The van der Waals surface area contributed by atoms with Gasteiger partial charge >= 0.3 is 5.69 Å². The van der Waals surface area contributed by atoms with Crippen molar-refractivity contribution in [2.45, 2.75) is 32.7 Å². The molecule has 1 saturated heterocycles. The number of methoxy groups -OCH3 is 1. The molecule has 178 valence electrons. The van der Waals surface area contributed by atoms with E-state index in [1.165, 1.54) is 18.7 Å². The average molecular weight is 466 g/mol. The second-order valence-corrected chi connectivity index (χ2v) is 8.38. The molecule has 1 N–H and O–H groups in total. The lowest BCUT2D eigenvalue weighted by molar-refractivity contribution is -0.116. The summed E-state index contributed by atoms with van der Waals surface area (Å²) in [5.41, 5.74) is -0.0877. The number of nitrogens with zero attached hydrogens (tertiary/aromatic N) is 4. The summed E-state index contributed by atoms with van der Waals surface area (Å²) in [4.78, 5) is 58.5. The third kappa shape index (κ3) is 4.43. The highest BCUT2D eigenvalue weighted by molar-refractivity contribution is 6.05. The van der Waals surface area contributed by atoms with Crippen LogP contribution in [0.3, 0.4) is 0 Å². The molecule has 4 rings (SSSR count). The number of nitrogens with one attached hydrogen (secondary N) is 1. The second-order valence-electron chi connectivity index (χ2n) is 8.38. The minimum atomic E-state index is -0.716. The lowest BCUT2D eigenvalue weighted by Crippen LogP contribution is -2.43. The van der Waals surface area contributed by atoms with Gasteiger partial charge in [-0.1, -0.05) is 6.07 Å². The van der Waals surface area contributed by atoms with Crippen LogP contribution in [-0.4, -0.2) is 51.0 Å². The molecule has 10 nitrogen and oxygen atoms in total. The van der Waals surface area contributed by atoms with Gasteiger partial charge in [-0.2, -0.15) is 0 Å². The molecule has 10 heteroatoms. The van der Waals surface area contributed by atoms with E-state index in [1.54, 1.807) is 42.2 Å². The summed E-state index contributed by atoms with van der Waals surface area (Å²) >= 11 is 0. The molecular formula is C24H27N5O5. The number of carbonyl (C=O) groups is 2. The fourth-order valence-electron chi connectivity index (χ4n) is 4.22. The smallest absolute Gasteiger partial charge is 0.332 e. The first-order valence-corrected chi connectivity index (χ1v) is 11.1. The van der Waals surface area contributed by atoms with Crippen molar-refractivity contribution in [2.75, 3.05) is 25.5 Å². The Balaban J connectivity index is 1.76. The van der Waals surface area contributed by atoms with Gasteiger partial charge in [-0.25, -0.2) is 9.78 Å². The maximum absolute atomic E-state index is 13.4. The van der Waals surface area contributed by atoms with Gasteiger partial charge in [0.1, 0.15) is 17.9 Å². The van der Waals surface area contributed by atoms with E-state index in [0.29, 0.717) is 30.2 Å². The summed E-state index contributed by atoms with van der Waals surface area (Å²) in [6.07, 6.45) is 2.87. The molecule has 2 aromatic heterocycles. The van der Waals surface area contributed by atoms with E-state index < -0.39 is 23.7 Å². The van der Waals surface area contributed by atoms with Crippen LogP contribution in [0.1, 0.15) is 35.3 Å². The lowest BCUT2D eigenvalue weighted by atomic mass is 10.1. The third-order valence-electron chi connectivity index (χ3n) is 5.95. The average Bonchev–Trinajstić information content (AvgIpc) is 2.85. The van der Waals surface area contributed by atoms with E-state index in [1.807, 2.05) is 0 Å². The topological polar surface area (TPSA) is 116 Å². The zero-order valence-electron chi connectivity index (χ0n) is 19.5. The molecule has 34 heavy (non-hydrogen) atoms. The number of rotatable bonds is 5.